The molecule has 4 heteroatoms. The molecule has 0 spiro atoms. The Labute approximate surface area is 124 Å². The maximum absolute atomic E-state index is 4.59. The predicted octanol–water partition coefficient (Wildman–Crippen LogP) is 3.51. The van der Waals surface area contributed by atoms with Crippen molar-refractivity contribution < 1.29 is 0 Å². The van der Waals surface area contributed by atoms with E-state index >= 15 is 0 Å². The third-order valence-electron chi connectivity index (χ3n) is 3.75. The van der Waals surface area contributed by atoms with Gasteiger partial charge in [-0.25, -0.2) is 4.98 Å². The van der Waals surface area contributed by atoms with Crippen molar-refractivity contribution in [3.05, 3.63) is 22.3 Å². The van der Waals surface area contributed by atoms with Gasteiger partial charge in [0.05, 0.1) is 4.47 Å². The van der Waals surface area contributed by atoms with E-state index in [0.29, 0.717) is 6.04 Å². The second-order valence-corrected chi connectivity index (χ2v) is 6.15. The zero-order chi connectivity index (χ0) is 13.7. The maximum Gasteiger partial charge on any atom is 0.143 e. The minimum Gasteiger partial charge on any atom is -0.354 e. The molecule has 2 heterocycles. The molecule has 0 amide bonds. The van der Waals surface area contributed by atoms with Crippen LogP contribution in [0, 0.1) is 6.92 Å². The Bertz CT molecular complexity index is 402. The Hall–Kier alpha value is -0.610. The third kappa shape index (κ3) is 3.93. The summed E-state index contributed by atoms with van der Waals surface area (Å²) in [6.07, 6.45) is 6.93. The molecule has 19 heavy (non-hydrogen) atoms. The fourth-order valence-corrected chi connectivity index (χ4v) is 3.04. The van der Waals surface area contributed by atoms with E-state index in [1.807, 2.05) is 6.20 Å². The lowest BCUT2D eigenvalue weighted by Crippen LogP contribution is -2.38. The summed E-state index contributed by atoms with van der Waals surface area (Å²) in [5, 5.41) is 3.58. The number of hydrogen-bond acceptors (Lipinski definition) is 3. The normalized spacial score (nSPS) is 18.8. The number of unbranched alkanes of at least 4 members (excludes halogenated alkanes) is 1. The summed E-state index contributed by atoms with van der Waals surface area (Å²) in [4.78, 5) is 7.02. The molecule has 2 rings (SSSR count). The molecule has 0 aliphatic carbocycles. The highest BCUT2D eigenvalue weighted by molar-refractivity contribution is 9.10. The molecule has 1 N–H and O–H groups in total. The molecule has 0 radical (unpaired) electrons. The number of pyridine rings is 1. The maximum atomic E-state index is 4.59. The zero-order valence-corrected chi connectivity index (χ0v) is 13.5. The van der Waals surface area contributed by atoms with Crippen LogP contribution in [0.25, 0.3) is 0 Å². The molecule has 1 aromatic rings. The number of aromatic nitrogens is 1. The van der Waals surface area contributed by atoms with Gasteiger partial charge in [0.15, 0.2) is 0 Å². The number of anilines is 1. The molecule has 1 aliphatic rings. The molecule has 3 nitrogen and oxygen atoms in total. The molecule has 1 unspecified atom stereocenters. The van der Waals surface area contributed by atoms with Crippen molar-refractivity contribution in [2.24, 2.45) is 0 Å². The average molecular weight is 326 g/mol. The van der Waals surface area contributed by atoms with E-state index in [4.69, 9.17) is 0 Å². The van der Waals surface area contributed by atoms with Gasteiger partial charge in [0.2, 0.25) is 0 Å². The van der Waals surface area contributed by atoms with Crippen molar-refractivity contribution in [2.45, 2.75) is 45.6 Å². The van der Waals surface area contributed by atoms with E-state index < -0.39 is 0 Å². The van der Waals surface area contributed by atoms with E-state index in [0.717, 1.165) is 29.9 Å². The van der Waals surface area contributed by atoms with Gasteiger partial charge in [0.1, 0.15) is 5.82 Å². The van der Waals surface area contributed by atoms with Crippen LogP contribution in [-0.2, 0) is 0 Å². The quantitative estimate of drug-likeness (QED) is 0.867. The van der Waals surface area contributed by atoms with Gasteiger partial charge in [-0.05, 0) is 60.3 Å². The van der Waals surface area contributed by atoms with E-state index in [1.165, 1.54) is 31.2 Å². The molecule has 1 fully saturated rings. The lowest BCUT2D eigenvalue weighted by molar-refractivity contribution is 0.568. The van der Waals surface area contributed by atoms with Crippen LogP contribution in [0.3, 0.4) is 0 Å². The van der Waals surface area contributed by atoms with Crippen LogP contribution in [0.5, 0.6) is 0 Å². The molecular formula is C15H24BrN3. The fourth-order valence-electron chi connectivity index (χ4n) is 2.56. The Morgan fingerprint density at radius 3 is 3.05 bits per heavy atom. The fraction of sp³-hybridized carbons (Fsp3) is 0.667. The Morgan fingerprint density at radius 1 is 1.53 bits per heavy atom. The van der Waals surface area contributed by atoms with Gasteiger partial charge < -0.3 is 10.2 Å². The zero-order valence-electron chi connectivity index (χ0n) is 12.0. The Balaban J connectivity index is 2.13. The smallest absolute Gasteiger partial charge is 0.143 e. The second-order valence-electron chi connectivity index (χ2n) is 5.36. The molecule has 0 bridgehead atoms. The molecule has 0 saturated carbocycles. The van der Waals surface area contributed by atoms with Gasteiger partial charge in [-0.1, -0.05) is 13.3 Å². The lowest BCUT2D eigenvalue weighted by atomic mass is 10.2. The first-order valence-electron chi connectivity index (χ1n) is 7.31. The lowest BCUT2D eigenvalue weighted by Gasteiger charge is -2.28. The van der Waals surface area contributed by atoms with Crippen LogP contribution < -0.4 is 10.2 Å². The molecule has 1 aromatic heterocycles. The highest BCUT2D eigenvalue weighted by Crippen LogP contribution is 2.27. The first-order valence-corrected chi connectivity index (χ1v) is 8.11. The van der Waals surface area contributed by atoms with Crippen molar-refractivity contribution in [3.8, 4) is 0 Å². The topological polar surface area (TPSA) is 28.2 Å². The summed E-state index contributed by atoms with van der Waals surface area (Å²) in [6.45, 7) is 7.68. The second kappa shape index (κ2) is 7.25. The Morgan fingerprint density at radius 2 is 2.37 bits per heavy atom. The molecule has 106 valence electrons. The Kier molecular flexibility index (Phi) is 5.64. The summed E-state index contributed by atoms with van der Waals surface area (Å²) in [6, 6.07) is 2.67. The standard InChI is InChI=1S/C15H24BrN3/c1-3-4-10-19(11-13-6-5-8-17-13)15-14(16)12(2)7-9-18-15/h7,9,13,17H,3-6,8,10-11H2,1-2H3. The van der Waals surface area contributed by atoms with Crippen molar-refractivity contribution in [3.63, 3.8) is 0 Å². The van der Waals surface area contributed by atoms with Gasteiger partial charge in [-0.3, -0.25) is 0 Å². The SMILES string of the molecule is CCCCN(CC1CCCN1)c1nccc(C)c1Br. The number of rotatable bonds is 6. The number of nitrogens with zero attached hydrogens (tertiary/aromatic N) is 2. The monoisotopic (exact) mass is 325 g/mol. The van der Waals surface area contributed by atoms with E-state index in [9.17, 15) is 0 Å². The van der Waals surface area contributed by atoms with Crippen LogP contribution in [0.1, 0.15) is 38.2 Å². The number of hydrogen-bond donors (Lipinski definition) is 1. The first-order chi connectivity index (χ1) is 9.22. The summed E-state index contributed by atoms with van der Waals surface area (Å²) < 4.78 is 1.14. The van der Waals surface area contributed by atoms with Crippen molar-refractivity contribution in [2.75, 3.05) is 24.5 Å². The molecule has 1 saturated heterocycles. The largest absolute Gasteiger partial charge is 0.354 e. The first kappa shape index (κ1) is 14.8. The van der Waals surface area contributed by atoms with E-state index in [2.05, 4.69) is 51.0 Å². The van der Waals surface area contributed by atoms with Crippen molar-refractivity contribution in [1.29, 1.82) is 0 Å². The minimum atomic E-state index is 0.617. The highest BCUT2D eigenvalue weighted by Gasteiger charge is 2.20. The number of aryl methyl sites for hydroxylation is 1. The summed E-state index contributed by atoms with van der Waals surface area (Å²) in [7, 11) is 0. The van der Waals surface area contributed by atoms with E-state index in [1.54, 1.807) is 0 Å². The number of nitrogens with one attached hydrogen (secondary N) is 1. The summed E-state index contributed by atoms with van der Waals surface area (Å²) in [5.74, 6) is 1.10. The van der Waals surface area contributed by atoms with Gasteiger partial charge in [0, 0.05) is 25.3 Å². The van der Waals surface area contributed by atoms with Crippen LogP contribution in [0.2, 0.25) is 0 Å². The van der Waals surface area contributed by atoms with Gasteiger partial charge >= 0.3 is 0 Å². The van der Waals surface area contributed by atoms with Gasteiger partial charge in [-0.15, -0.1) is 0 Å². The highest BCUT2D eigenvalue weighted by atomic mass is 79.9. The summed E-state index contributed by atoms with van der Waals surface area (Å²) >= 11 is 3.70. The van der Waals surface area contributed by atoms with Crippen LogP contribution in [-0.4, -0.2) is 30.7 Å². The van der Waals surface area contributed by atoms with Crippen LogP contribution in [0.15, 0.2) is 16.7 Å². The van der Waals surface area contributed by atoms with E-state index in [-0.39, 0.29) is 0 Å². The summed E-state index contributed by atoms with van der Waals surface area (Å²) in [5.41, 5.74) is 1.26. The minimum absolute atomic E-state index is 0.617. The molecule has 0 aromatic carbocycles. The molecule has 1 aliphatic heterocycles. The van der Waals surface area contributed by atoms with Gasteiger partial charge in [0.25, 0.3) is 0 Å². The predicted molar refractivity (Wildman–Crippen MR) is 84.8 cm³/mol. The van der Waals surface area contributed by atoms with Crippen molar-refractivity contribution in [1.82, 2.24) is 10.3 Å². The third-order valence-corrected chi connectivity index (χ3v) is 4.73. The van der Waals surface area contributed by atoms with Crippen molar-refractivity contribution >= 4 is 21.7 Å². The van der Waals surface area contributed by atoms with Gasteiger partial charge in [-0.2, -0.15) is 0 Å². The number of halogens is 1. The average Bonchev–Trinajstić information content (AvgIpc) is 2.91. The van der Waals surface area contributed by atoms with Crippen LogP contribution in [0.4, 0.5) is 5.82 Å². The van der Waals surface area contributed by atoms with Crippen LogP contribution >= 0.6 is 15.9 Å². The molecule has 1 atom stereocenters. The molecular weight excluding hydrogens is 302 g/mol.